The second-order valence-electron chi connectivity index (χ2n) is 7.99. The fraction of sp³-hybridized carbons (Fsp3) is 0.0370. The molecule has 0 radical (unpaired) electrons. The van der Waals surface area contributed by atoms with Crippen LogP contribution in [0.4, 0.5) is 8.78 Å². The minimum Gasteiger partial charge on any atom is -0.305 e. The van der Waals surface area contributed by atoms with Crippen LogP contribution in [0.25, 0.3) is 38.7 Å². The number of pyridine rings is 4. The minimum absolute atomic E-state index is 0. The Bertz CT molecular complexity index is 1780. The fourth-order valence-electron chi connectivity index (χ4n) is 3.99. The molecule has 0 aliphatic rings. The molecule has 8 nitrogen and oxygen atoms in total. The predicted octanol–water partition coefficient (Wildman–Crippen LogP) is 4.67. The van der Waals surface area contributed by atoms with Crippen molar-refractivity contribution in [1.29, 1.82) is 5.26 Å². The van der Waals surface area contributed by atoms with Crippen LogP contribution >= 0.6 is 0 Å². The molecule has 0 amide bonds. The van der Waals surface area contributed by atoms with Crippen LogP contribution in [-0.4, -0.2) is 29.2 Å². The van der Waals surface area contributed by atoms with E-state index in [1.165, 1.54) is 12.1 Å². The molecule has 0 saturated heterocycles. The van der Waals surface area contributed by atoms with Gasteiger partial charge in [0.2, 0.25) is 11.9 Å². The van der Waals surface area contributed by atoms with Gasteiger partial charge in [-0.1, -0.05) is 24.3 Å². The SMILES string of the molecule is [C-]#[N+]C(C#N)(c1cccc(-c2[c-]c3cccc(F)n3n2)n1)c1cccc(-c2[c-]c3cccc(F)n3n2)n1.[Pt+2]. The van der Waals surface area contributed by atoms with Gasteiger partial charge in [-0.3, -0.25) is 4.85 Å². The van der Waals surface area contributed by atoms with Crippen molar-refractivity contribution in [2.45, 2.75) is 5.54 Å². The summed E-state index contributed by atoms with van der Waals surface area (Å²) in [5, 5.41) is 18.6. The second-order valence-corrected chi connectivity index (χ2v) is 7.99. The quantitative estimate of drug-likeness (QED) is 0.200. The Balaban J connectivity index is 0.00000294. The molecule has 0 aromatic carbocycles. The number of fused-ring (bicyclic) bond motifs is 2. The maximum absolute atomic E-state index is 14.1. The zero-order valence-electron chi connectivity index (χ0n) is 19.1. The first kappa shape index (κ1) is 24.9. The molecule has 0 bridgehead atoms. The van der Waals surface area contributed by atoms with Crippen molar-refractivity contribution in [2.24, 2.45) is 0 Å². The number of hydrogen-bond donors (Lipinski definition) is 0. The second kappa shape index (κ2) is 9.58. The number of nitrogens with zero attached hydrogens (tertiary/aromatic N) is 8. The van der Waals surface area contributed by atoms with E-state index in [2.05, 4.69) is 43.2 Å². The summed E-state index contributed by atoms with van der Waals surface area (Å²) in [7, 11) is 0. The van der Waals surface area contributed by atoms with E-state index in [1.807, 2.05) is 0 Å². The van der Waals surface area contributed by atoms with E-state index in [4.69, 9.17) is 6.57 Å². The van der Waals surface area contributed by atoms with Crippen LogP contribution < -0.4 is 0 Å². The van der Waals surface area contributed by atoms with E-state index in [0.29, 0.717) is 22.4 Å². The first-order valence-corrected chi connectivity index (χ1v) is 10.9. The van der Waals surface area contributed by atoms with Crippen LogP contribution in [-0.2, 0) is 26.6 Å². The summed E-state index contributed by atoms with van der Waals surface area (Å²) >= 11 is 0. The molecule has 0 unspecified atom stereocenters. The summed E-state index contributed by atoms with van der Waals surface area (Å²) in [6, 6.07) is 26.6. The van der Waals surface area contributed by atoms with Gasteiger partial charge in [-0.25, -0.2) is 15.6 Å². The molecule has 6 aromatic rings. The smallest absolute Gasteiger partial charge is 0.305 e. The van der Waals surface area contributed by atoms with Crippen molar-refractivity contribution in [3.8, 4) is 28.8 Å². The number of nitriles is 1. The van der Waals surface area contributed by atoms with Crippen LogP contribution in [0.5, 0.6) is 0 Å². The van der Waals surface area contributed by atoms with Gasteiger partial charge in [-0.15, -0.1) is 36.4 Å². The molecule has 0 aliphatic heterocycles. The Kier molecular flexibility index (Phi) is 6.28. The van der Waals surface area contributed by atoms with E-state index < -0.39 is 17.4 Å². The van der Waals surface area contributed by atoms with Crippen molar-refractivity contribution in [3.63, 3.8) is 0 Å². The molecule has 11 heteroatoms. The molecule has 0 fully saturated rings. The molecular weight excluding hydrogens is 669 g/mol. The molecule has 38 heavy (non-hydrogen) atoms. The van der Waals surface area contributed by atoms with E-state index in [0.717, 1.165) is 9.03 Å². The monoisotopic (exact) mass is 681 g/mol. The van der Waals surface area contributed by atoms with Crippen LogP contribution in [0.3, 0.4) is 0 Å². The maximum Gasteiger partial charge on any atom is 2.00 e. The van der Waals surface area contributed by atoms with Crippen molar-refractivity contribution in [2.75, 3.05) is 0 Å². The normalized spacial score (nSPS) is 11.2. The predicted molar refractivity (Wildman–Crippen MR) is 127 cm³/mol. The van der Waals surface area contributed by atoms with Crippen molar-refractivity contribution in [1.82, 2.24) is 29.2 Å². The molecule has 0 atom stereocenters. The molecule has 6 rings (SSSR count). The van der Waals surface area contributed by atoms with E-state index >= 15 is 0 Å². The Morgan fingerprint density at radius 2 is 1.21 bits per heavy atom. The average molecular weight is 682 g/mol. The first-order chi connectivity index (χ1) is 18.0. The van der Waals surface area contributed by atoms with Gasteiger partial charge in [0.05, 0.1) is 0 Å². The Labute approximate surface area is 228 Å². The maximum atomic E-state index is 14.1. The van der Waals surface area contributed by atoms with Gasteiger partial charge in [0.25, 0.3) is 0 Å². The van der Waals surface area contributed by atoms with Gasteiger partial charge in [0, 0.05) is 0 Å². The molecule has 0 spiro atoms. The van der Waals surface area contributed by atoms with Crippen molar-refractivity contribution >= 4 is 11.0 Å². The number of rotatable bonds is 4. The standard InChI is InChI=1S/C27H12F2N8.Pt/c1-31-27(16-30,23-10-4-8-19(32-23)21-14-17-6-2-12-25(28)36(17)34-21)24-11-5-9-20(33-24)22-15-18-7-3-13-26(29)37(18)35-22;/h2-13H;/q-2;+2. The Morgan fingerprint density at radius 3 is 1.61 bits per heavy atom. The molecule has 6 heterocycles. The van der Waals surface area contributed by atoms with Crippen molar-refractivity contribution in [3.05, 3.63) is 120 Å². The van der Waals surface area contributed by atoms with Gasteiger partial charge in [-0.2, -0.15) is 24.2 Å². The molecule has 0 N–H and O–H groups in total. The number of aromatic nitrogens is 6. The van der Waals surface area contributed by atoms with Gasteiger partial charge >= 0.3 is 26.6 Å². The third kappa shape index (κ3) is 3.92. The van der Waals surface area contributed by atoms with Gasteiger partial charge in [0.1, 0.15) is 11.4 Å². The zero-order chi connectivity index (χ0) is 25.6. The molecule has 6 aromatic heterocycles. The molecule has 0 aliphatic carbocycles. The number of halogens is 2. The topological polar surface area (TPSA) is 88.5 Å². The van der Waals surface area contributed by atoms with E-state index in [-0.39, 0.29) is 43.8 Å². The van der Waals surface area contributed by atoms with Crippen LogP contribution in [0.1, 0.15) is 11.4 Å². The van der Waals surface area contributed by atoms with Crippen molar-refractivity contribution < 1.29 is 29.8 Å². The largest absolute Gasteiger partial charge is 2.00 e. The fourth-order valence-corrected chi connectivity index (χ4v) is 3.99. The van der Waals surface area contributed by atoms with Crippen LogP contribution in [0.15, 0.2) is 72.8 Å². The van der Waals surface area contributed by atoms with E-state index in [9.17, 15) is 14.0 Å². The van der Waals surface area contributed by atoms with Crippen LogP contribution in [0.2, 0.25) is 0 Å². The third-order valence-electron chi connectivity index (χ3n) is 5.78. The minimum atomic E-state index is -1.90. The van der Waals surface area contributed by atoms with Gasteiger partial charge in [-0.05, 0) is 58.1 Å². The zero-order valence-corrected chi connectivity index (χ0v) is 21.4. The van der Waals surface area contributed by atoms with E-state index in [1.54, 1.807) is 60.7 Å². The molecule has 0 saturated carbocycles. The van der Waals surface area contributed by atoms with Crippen LogP contribution in [0, 0.1) is 41.9 Å². The summed E-state index contributed by atoms with van der Waals surface area (Å²) in [4.78, 5) is 12.7. The average Bonchev–Trinajstić information content (AvgIpc) is 3.57. The summed E-state index contributed by atoms with van der Waals surface area (Å²) in [6.07, 6.45) is 0. The summed E-state index contributed by atoms with van der Waals surface area (Å²) in [6.45, 7) is 7.93. The Hall–Kier alpha value is -4.79. The van der Waals surface area contributed by atoms with Gasteiger partial charge in [0.15, 0.2) is 6.07 Å². The summed E-state index contributed by atoms with van der Waals surface area (Å²) < 4.78 is 30.4. The Morgan fingerprint density at radius 1 is 0.763 bits per heavy atom. The van der Waals surface area contributed by atoms with Gasteiger partial charge < -0.3 is 9.97 Å². The first-order valence-electron chi connectivity index (χ1n) is 10.9. The molecular formula is C27H12F2N8Pt. The third-order valence-corrected chi connectivity index (χ3v) is 5.78. The summed E-state index contributed by atoms with van der Waals surface area (Å²) in [5.74, 6) is -1.12. The molecule has 184 valence electrons. The summed E-state index contributed by atoms with van der Waals surface area (Å²) in [5.41, 5.74) is 0.279. The number of hydrogen-bond acceptors (Lipinski definition) is 5.